The van der Waals surface area contributed by atoms with Crippen LogP contribution in [0.15, 0.2) is 11.6 Å². The summed E-state index contributed by atoms with van der Waals surface area (Å²) in [6.45, 7) is 5.65. The van der Waals surface area contributed by atoms with Gasteiger partial charge < -0.3 is 14.2 Å². The van der Waals surface area contributed by atoms with E-state index in [0.717, 1.165) is 0 Å². The van der Waals surface area contributed by atoms with Crippen LogP contribution in [-0.4, -0.2) is 37.4 Å². The molecular weight excluding hydrogens is 212 g/mol. The lowest BCUT2D eigenvalue weighted by Crippen LogP contribution is -2.19. The van der Waals surface area contributed by atoms with Crippen LogP contribution in [0.5, 0.6) is 0 Å². The van der Waals surface area contributed by atoms with Crippen LogP contribution in [0.3, 0.4) is 0 Å². The summed E-state index contributed by atoms with van der Waals surface area (Å²) < 4.78 is 14.7. The molecule has 90 valence electrons. The first kappa shape index (κ1) is 12.7. The molecule has 1 rings (SSSR count). The van der Waals surface area contributed by atoms with Gasteiger partial charge in [0.25, 0.3) is 0 Å². The van der Waals surface area contributed by atoms with Gasteiger partial charge >= 0.3 is 11.9 Å². The molecular formula is C11H16O5. The summed E-state index contributed by atoms with van der Waals surface area (Å²) in [6.07, 6.45) is 1.31. The maximum Gasteiger partial charge on any atom is 0.345 e. The van der Waals surface area contributed by atoms with E-state index in [1.165, 1.54) is 6.08 Å². The van der Waals surface area contributed by atoms with Crippen LogP contribution in [-0.2, 0) is 23.8 Å². The zero-order chi connectivity index (χ0) is 12.1. The molecule has 0 unspecified atom stereocenters. The molecule has 0 spiro atoms. The van der Waals surface area contributed by atoms with E-state index in [2.05, 4.69) is 0 Å². The molecule has 2 atom stereocenters. The molecule has 1 aliphatic rings. The van der Waals surface area contributed by atoms with Crippen LogP contribution >= 0.6 is 0 Å². The molecule has 0 N–H and O–H groups in total. The van der Waals surface area contributed by atoms with Crippen molar-refractivity contribution in [3.05, 3.63) is 11.6 Å². The minimum Gasteiger partial charge on any atom is -0.462 e. The highest BCUT2D eigenvalue weighted by Crippen LogP contribution is 2.24. The van der Waals surface area contributed by atoms with Gasteiger partial charge in [-0.3, -0.25) is 0 Å². The lowest BCUT2D eigenvalue weighted by molar-refractivity contribution is -0.146. The van der Waals surface area contributed by atoms with Gasteiger partial charge in [0.1, 0.15) is 11.7 Å². The first-order valence-corrected chi connectivity index (χ1v) is 5.31. The predicted octanol–water partition coefficient (Wildman–Crippen LogP) is 0.826. The number of epoxide rings is 1. The monoisotopic (exact) mass is 228 g/mol. The minimum absolute atomic E-state index is 0.0406. The third-order valence-corrected chi connectivity index (χ3v) is 2.08. The van der Waals surface area contributed by atoms with E-state index < -0.39 is 11.9 Å². The van der Waals surface area contributed by atoms with Gasteiger partial charge in [-0.2, -0.15) is 0 Å². The Labute approximate surface area is 94.4 Å². The maximum absolute atomic E-state index is 11.5. The molecule has 0 bridgehead atoms. The molecule has 0 saturated carbocycles. The van der Waals surface area contributed by atoms with Crippen molar-refractivity contribution < 1.29 is 23.8 Å². The Balaban J connectivity index is 2.72. The van der Waals surface area contributed by atoms with Gasteiger partial charge in [0.15, 0.2) is 0 Å². The number of carbonyl (C=O) groups is 2. The molecule has 0 radical (unpaired) electrons. The number of esters is 2. The van der Waals surface area contributed by atoms with E-state index >= 15 is 0 Å². The molecule has 1 saturated heterocycles. The van der Waals surface area contributed by atoms with E-state index in [-0.39, 0.29) is 31.0 Å². The van der Waals surface area contributed by atoms with Crippen LogP contribution in [0.25, 0.3) is 0 Å². The number of ether oxygens (including phenoxy) is 3. The zero-order valence-electron chi connectivity index (χ0n) is 9.69. The van der Waals surface area contributed by atoms with E-state index in [0.29, 0.717) is 0 Å². The van der Waals surface area contributed by atoms with Gasteiger partial charge in [-0.15, -0.1) is 0 Å². The topological polar surface area (TPSA) is 65.1 Å². The van der Waals surface area contributed by atoms with Gasteiger partial charge in [0.05, 0.1) is 19.3 Å². The Morgan fingerprint density at radius 3 is 1.94 bits per heavy atom. The first-order valence-electron chi connectivity index (χ1n) is 5.31. The fraction of sp³-hybridized carbons (Fsp3) is 0.636. The van der Waals surface area contributed by atoms with Gasteiger partial charge in [-0.25, -0.2) is 9.59 Å². The summed E-state index contributed by atoms with van der Waals surface area (Å²) in [5.74, 6) is -1.33. The predicted molar refractivity (Wildman–Crippen MR) is 55.7 cm³/mol. The second kappa shape index (κ2) is 5.65. The van der Waals surface area contributed by atoms with Gasteiger partial charge in [0.2, 0.25) is 0 Å². The number of hydrogen-bond acceptors (Lipinski definition) is 5. The Morgan fingerprint density at radius 2 is 1.62 bits per heavy atom. The van der Waals surface area contributed by atoms with Crippen molar-refractivity contribution in [2.75, 3.05) is 13.2 Å². The molecule has 5 nitrogen and oxygen atoms in total. The largest absolute Gasteiger partial charge is 0.462 e. The van der Waals surface area contributed by atoms with Gasteiger partial charge in [-0.1, -0.05) is 0 Å². The average molecular weight is 228 g/mol. The molecule has 1 fully saturated rings. The van der Waals surface area contributed by atoms with Crippen molar-refractivity contribution in [2.24, 2.45) is 0 Å². The number of rotatable bonds is 5. The molecule has 0 aliphatic carbocycles. The van der Waals surface area contributed by atoms with Crippen LogP contribution in [0.4, 0.5) is 0 Å². The molecule has 0 amide bonds. The van der Waals surface area contributed by atoms with E-state index in [1.807, 2.05) is 6.92 Å². The summed E-state index contributed by atoms with van der Waals surface area (Å²) >= 11 is 0. The average Bonchev–Trinajstić information content (AvgIpc) is 2.91. The second-order valence-electron chi connectivity index (χ2n) is 3.33. The summed E-state index contributed by atoms with van der Waals surface area (Å²) in [4.78, 5) is 23.0. The standard InChI is InChI=1S/C11H16O5/c1-4-14-10(12)8(11(13)15-5-2)6-9-7(3)16-9/h6-7,9H,4-5H2,1-3H3/t7-,9-/m1/s1. The first-order chi connectivity index (χ1) is 7.60. The van der Waals surface area contributed by atoms with E-state index in [9.17, 15) is 9.59 Å². The highest BCUT2D eigenvalue weighted by molar-refractivity contribution is 6.14. The molecule has 5 heteroatoms. The van der Waals surface area contributed by atoms with Crippen LogP contribution in [0.2, 0.25) is 0 Å². The molecule has 1 aliphatic heterocycles. The van der Waals surface area contributed by atoms with Crippen molar-refractivity contribution in [2.45, 2.75) is 33.0 Å². The van der Waals surface area contributed by atoms with Crippen LogP contribution < -0.4 is 0 Å². The summed E-state index contributed by atoms with van der Waals surface area (Å²) in [6, 6.07) is 0. The molecule has 0 aromatic rings. The highest BCUT2D eigenvalue weighted by Gasteiger charge is 2.35. The van der Waals surface area contributed by atoms with E-state index in [1.54, 1.807) is 13.8 Å². The quantitative estimate of drug-likeness (QED) is 0.229. The van der Waals surface area contributed by atoms with Gasteiger partial charge in [0, 0.05) is 0 Å². The Morgan fingerprint density at radius 1 is 1.19 bits per heavy atom. The summed E-state index contributed by atoms with van der Waals surface area (Å²) in [7, 11) is 0. The highest BCUT2D eigenvalue weighted by atomic mass is 16.6. The fourth-order valence-electron chi connectivity index (χ4n) is 1.18. The smallest absolute Gasteiger partial charge is 0.345 e. The Kier molecular flexibility index (Phi) is 4.49. The third-order valence-electron chi connectivity index (χ3n) is 2.08. The normalized spacial score (nSPS) is 22.2. The van der Waals surface area contributed by atoms with Crippen molar-refractivity contribution in [1.29, 1.82) is 0 Å². The van der Waals surface area contributed by atoms with Crippen molar-refractivity contribution in [3.63, 3.8) is 0 Å². The van der Waals surface area contributed by atoms with E-state index in [4.69, 9.17) is 14.2 Å². The minimum atomic E-state index is -0.663. The molecule has 0 aromatic carbocycles. The van der Waals surface area contributed by atoms with Crippen LogP contribution in [0.1, 0.15) is 20.8 Å². The Bertz CT molecular complexity index is 287. The second-order valence-corrected chi connectivity index (χ2v) is 3.33. The van der Waals surface area contributed by atoms with Crippen LogP contribution in [0, 0.1) is 0 Å². The SMILES string of the molecule is CCOC(=O)C(=C[C@H]1O[C@@H]1C)C(=O)OCC. The molecule has 16 heavy (non-hydrogen) atoms. The zero-order valence-corrected chi connectivity index (χ0v) is 9.69. The van der Waals surface area contributed by atoms with Gasteiger partial charge in [-0.05, 0) is 26.8 Å². The Hall–Kier alpha value is -1.36. The third kappa shape index (κ3) is 3.34. The van der Waals surface area contributed by atoms with Crippen molar-refractivity contribution >= 4 is 11.9 Å². The summed E-state index contributed by atoms with van der Waals surface area (Å²) in [5, 5.41) is 0. The molecule has 1 heterocycles. The van der Waals surface area contributed by atoms with Crippen molar-refractivity contribution in [3.8, 4) is 0 Å². The number of hydrogen-bond donors (Lipinski definition) is 0. The van der Waals surface area contributed by atoms with Crippen molar-refractivity contribution in [1.82, 2.24) is 0 Å². The fourth-order valence-corrected chi connectivity index (χ4v) is 1.18. The maximum atomic E-state index is 11.5. The lowest BCUT2D eigenvalue weighted by Gasteiger charge is -2.05. The lowest BCUT2D eigenvalue weighted by atomic mass is 10.2. The molecule has 0 aromatic heterocycles. The summed E-state index contributed by atoms with van der Waals surface area (Å²) in [5.41, 5.74) is -0.0851. The number of carbonyl (C=O) groups excluding carboxylic acids is 2.